The Balaban J connectivity index is 0.000000605. The van der Waals surface area contributed by atoms with Gasteiger partial charge >= 0.3 is 0 Å². The minimum atomic E-state index is 0. The number of nitrogen functional groups attached to an aromatic ring is 1. The first-order valence-corrected chi connectivity index (χ1v) is 2.77. The summed E-state index contributed by atoms with van der Waals surface area (Å²) >= 11 is 0. The third-order valence-electron chi connectivity index (χ3n) is 1.28. The van der Waals surface area contributed by atoms with Crippen LogP contribution in [0.3, 0.4) is 0 Å². The fourth-order valence-electron chi connectivity index (χ4n) is 0.784. The monoisotopic (exact) mass is 343 g/mol. The van der Waals surface area contributed by atoms with Gasteiger partial charge in [-0.2, -0.15) is 5.10 Å². The molecular formula is C5H5N5Pb. The Kier molecular flexibility index (Phi) is 2.37. The van der Waals surface area contributed by atoms with E-state index in [1.54, 1.807) is 6.20 Å². The number of nitrogens with one attached hydrogen (secondary N) is 1. The minimum absolute atomic E-state index is 0. The summed E-state index contributed by atoms with van der Waals surface area (Å²) in [5, 5.41) is 7.20. The van der Waals surface area contributed by atoms with E-state index < -0.39 is 0 Å². The molecule has 0 atom stereocenters. The molecule has 0 aliphatic rings. The summed E-state index contributed by atoms with van der Waals surface area (Å²) in [5.74, 6) is 0.457. The molecule has 6 heteroatoms. The van der Waals surface area contributed by atoms with Crippen molar-refractivity contribution in [1.82, 2.24) is 20.2 Å². The largest absolute Gasteiger partial charge is 0.383 e. The standard InChI is InChI=1S/C5H5N5.Pb/c6-4-3-1-9-10-5(3)8-2-7-4;/h1-2H,(H3,6,7,8,9,10);. The van der Waals surface area contributed by atoms with Crippen molar-refractivity contribution in [3.05, 3.63) is 12.5 Å². The first-order valence-electron chi connectivity index (χ1n) is 2.77. The fourth-order valence-corrected chi connectivity index (χ4v) is 0.784. The molecule has 2 rings (SSSR count). The van der Waals surface area contributed by atoms with Gasteiger partial charge in [-0.25, -0.2) is 9.97 Å². The molecule has 0 fully saturated rings. The van der Waals surface area contributed by atoms with Crippen molar-refractivity contribution in [2.24, 2.45) is 0 Å². The first kappa shape index (κ1) is 8.37. The predicted molar refractivity (Wildman–Crippen MR) is 41.9 cm³/mol. The number of hydrogen-bond donors (Lipinski definition) is 2. The molecule has 0 aliphatic carbocycles. The van der Waals surface area contributed by atoms with Crippen LogP contribution in [0.25, 0.3) is 11.0 Å². The first-order chi connectivity index (χ1) is 4.88. The summed E-state index contributed by atoms with van der Waals surface area (Å²) < 4.78 is 0. The van der Waals surface area contributed by atoms with Crippen LogP contribution in [0.1, 0.15) is 0 Å². The normalized spacial score (nSPS) is 9.45. The van der Waals surface area contributed by atoms with Crippen molar-refractivity contribution in [2.45, 2.75) is 0 Å². The van der Waals surface area contributed by atoms with E-state index in [0.717, 1.165) is 5.39 Å². The topological polar surface area (TPSA) is 80.5 Å². The van der Waals surface area contributed by atoms with Gasteiger partial charge in [-0.1, -0.05) is 0 Å². The van der Waals surface area contributed by atoms with Crippen molar-refractivity contribution < 1.29 is 0 Å². The number of aromatic nitrogens is 4. The van der Waals surface area contributed by atoms with Crippen LogP contribution in [0.15, 0.2) is 12.5 Å². The molecular weight excluding hydrogens is 337 g/mol. The van der Waals surface area contributed by atoms with Crippen LogP contribution in [0.5, 0.6) is 0 Å². The Morgan fingerprint density at radius 3 is 2.91 bits per heavy atom. The zero-order valence-electron chi connectivity index (χ0n) is 5.57. The zero-order valence-corrected chi connectivity index (χ0v) is 9.46. The van der Waals surface area contributed by atoms with Crippen LogP contribution in [0, 0.1) is 0 Å². The van der Waals surface area contributed by atoms with Gasteiger partial charge in [0.05, 0.1) is 11.6 Å². The fraction of sp³-hybridized carbons (Fsp3) is 0. The summed E-state index contributed by atoms with van der Waals surface area (Å²) in [5.41, 5.74) is 6.16. The van der Waals surface area contributed by atoms with Crippen LogP contribution in [-0.4, -0.2) is 47.5 Å². The number of fused-ring (bicyclic) bond motifs is 1. The van der Waals surface area contributed by atoms with Crippen molar-refractivity contribution in [1.29, 1.82) is 0 Å². The third kappa shape index (κ3) is 1.32. The minimum Gasteiger partial charge on any atom is -0.383 e. The Morgan fingerprint density at radius 1 is 1.36 bits per heavy atom. The maximum Gasteiger partial charge on any atom is 0.160 e. The van der Waals surface area contributed by atoms with E-state index in [1.807, 2.05) is 0 Å². The number of nitrogens with two attached hydrogens (primary N) is 1. The van der Waals surface area contributed by atoms with Crippen LogP contribution < -0.4 is 5.73 Å². The smallest absolute Gasteiger partial charge is 0.160 e. The Hall–Kier alpha value is -0.728. The van der Waals surface area contributed by atoms with E-state index in [-0.39, 0.29) is 27.3 Å². The van der Waals surface area contributed by atoms with Gasteiger partial charge in [0.15, 0.2) is 5.65 Å². The molecule has 2 heterocycles. The molecule has 11 heavy (non-hydrogen) atoms. The van der Waals surface area contributed by atoms with E-state index in [4.69, 9.17) is 5.73 Å². The van der Waals surface area contributed by atoms with E-state index >= 15 is 0 Å². The van der Waals surface area contributed by atoms with E-state index in [2.05, 4.69) is 20.2 Å². The van der Waals surface area contributed by atoms with Gasteiger partial charge in [-0.15, -0.1) is 0 Å². The molecule has 0 bridgehead atoms. The van der Waals surface area contributed by atoms with Gasteiger partial charge in [-0.05, 0) is 0 Å². The second-order valence-corrected chi connectivity index (χ2v) is 1.89. The van der Waals surface area contributed by atoms with Crippen LogP contribution in [-0.2, 0) is 0 Å². The summed E-state index contributed by atoms with van der Waals surface area (Å²) in [4.78, 5) is 7.68. The van der Waals surface area contributed by atoms with Crippen molar-refractivity contribution in [3.63, 3.8) is 0 Å². The average molecular weight is 342 g/mol. The third-order valence-corrected chi connectivity index (χ3v) is 1.28. The second-order valence-electron chi connectivity index (χ2n) is 1.89. The number of hydrogen-bond acceptors (Lipinski definition) is 4. The number of anilines is 1. The maximum atomic E-state index is 5.49. The molecule has 54 valence electrons. The maximum absolute atomic E-state index is 5.49. The van der Waals surface area contributed by atoms with Crippen molar-refractivity contribution in [2.75, 3.05) is 5.73 Å². The molecule has 0 saturated heterocycles. The molecule has 3 N–H and O–H groups in total. The predicted octanol–water partition coefficient (Wildman–Crippen LogP) is -0.446. The molecule has 0 unspecified atom stereocenters. The van der Waals surface area contributed by atoms with E-state index in [9.17, 15) is 0 Å². The van der Waals surface area contributed by atoms with Crippen molar-refractivity contribution in [3.8, 4) is 0 Å². The number of nitrogens with zero attached hydrogens (tertiary/aromatic N) is 3. The molecule has 5 nitrogen and oxygen atoms in total. The number of rotatable bonds is 0. The Morgan fingerprint density at radius 2 is 2.18 bits per heavy atom. The number of H-pyrrole nitrogens is 1. The molecule has 4 radical (unpaired) electrons. The quantitative estimate of drug-likeness (QED) is 0.636. The van der Waals surface area contributed by atoms with E-state index in [0.29, 0.717) is 11.5 Å². The van der Waals surface area contributed by atoms with Gasteiger partial charge in [-0.3, -0.25) is 5.10 Å². The molecule has 0 amide bonds. The van der Waals surface area contributed by atoms with Gasteiger partial charge in [0.25, 0.3) is 0 Å². The molecule has 0 aromatic carbocycles. The van der Waals surface area contributed by atoms with Gasteiger partial charge in [0.2, 0.25) is 0 Å². The summed E-state index contributed by atoms with van der Waals surface area (Å²) in [7, 11) is 0. The Bertz CT molecular complexity index is 356. The van der Waals surface area contributed by atoms with E-state index in [1.165, 1.54) is 6.33 Å². The average Bonchev–Trinajstić information content (AvgIpc) is 2.36. The molecule has 0 aliphatic heterocycles. The van der Waals surface area contributed by atoms with Gasteiger partial charge < -0.3 is 5.73 Å². The van der Waals surface area contributed by atoms with Crippen LogP contribution in [0.4, 0.5) is 5.82 Å². The molecule has 2 aromatic rings. The Labute approximate surface area is 82.6 Å². The van der Waals surface area contributed by atoms with Gasteiger partial charge in [0.1, 0.15) is 12.1 Å². The van der Waals surface area contributed by atoms with Crippen LogP contribution in [0.2, 0.25) is 0 Å². The van der Waals surface area contributed by atoms with Crippen LogP contribution >= 0.6 is 0 Å². The number of aromatic amines is 1. The summed E-state index contributed by atoms with van der Waals surface area (Å²) in [6.45, 7) is 0. The van der Waals surface area contributed by atoms with Gasteiger partial charge in [0, 0.05) is 27.3 Å². The zero-order chi connectivity index (χ0) is 6.97. The molecule has 0 saturated carbocycles. The summed E-state index contributed by atoms with van der Waals surface area (Å²) in [6, 6.07) is 0. The molecule has 2 aromatic heterocycles. The summed E-state index contributed by atoms with van der Waals surface area (Å²) in [6.07, 6.45) is 3.00. The SMILES string of the molecule is Nc1ncnc2[nH]ncc12.[Pb]. The molecule has 0 spiro atoms. The van der Waals surface area contributed by atoms with Crippen molar-refractivity contribution >= 4 is 44.2 Å². The second kappa shape index (κ2) is 3.11.